The summed E-state index contributed by atoms with van der Waals surface area (Å²) in [5, 5.41) is 4.43. The number of carbonyl (C=O) groups excluding carboxylic acids is 1. The van der Waals surface area contributed by atoms with Crippen molar-refractivity contribution < 1.29 is 9.63 Å². The summed E-state index contributed by atoms with van der Waals surface area (Å²) in [5.74, 6) is 0.146. The fourth-order valence-electron chi connectivity index (χ4n) is 2.69. The van der Waals surface area contributed by atoms with Gasteiger partial charge in [0, 0.05) is 16.5 Å². The van der Waals surface area contributed by atoms with Gasteiger partial charge in [-0.05, 0) is 12.3 Å². The van der Waals surface area contributed by atoms with Crippen LogP contribution in [0.2, 0.25) is 0 Å². The Morgan fingerprint density at radius 3 is 3.05 bits per heavy atom. The summed E-state index contributed by atoms with van der Waals surface area (Å²) in [4.78, 5) is 25.5. The number of hydrogen-bond acceptors (Lipinski definition) is 5. The molecule has 0 bridgehead atoms. The molecule has 0 aliphatic carbocycles. The first-order valence-corrected chi connectivity index (χ1v) is 7.46. The van der Waals surface area contributed by atoms with Gasteiger partial charge in [-0.2, -0.15) is 0 Å². The van der Waals surface area contributed by atoms with E-state index in [9.17, 15) is 4.79 Å². The average molecular weight is 288 g/mol. The monoisotopic (exact) mass is 288 g/mol. The Morgan fingerprint density at radius 2 is 2.20 bits per heavy atom. The van der Waals surface area contributed by atoms with Crippen LogP contribution in [0.15, 0.2) is 29.3 Å². The minimum Gasteiger partial charge on any atom is -0.388 e. The van der Waals surface area contributed by atoms with E-state index in [1.165, 1.54) is 11.8 Å². The number of amides is 1. The molecule has 0 fully saturated rings. The van der Waals surface area contributed by atoms with Crippen molar-refractivity contribution in [2.24, 2.45) is 4.99 Å². The minimum absolute atomic E-state index is 0.0591. The van der Waals surface area contributed by atoms with Crippen molar-refractivity contribution in [1.82, 2.24) is 15.8 Å². The Morgan fingerprint density at radius 1 is 1.35 bits per heavy atom. The Bertz CT molecular complexity index is 739. The fourth-order valence-corrected chi connectivity index (χ4v) is 3.12. The summed E-state index contributed by atoms with van der Waals surface area (Å²) in [6.45, 7) is 0. The molecule has 0 saturated carbocycles. The van der Waals surface area contributed by atoms with Gasteiger partial charge in [-0.15, -0.1) is 5.48 Å². The lowest BCUT2D eigenvalue weighted by atomic mass is 9.93. The third-order valence-corrected chi connectivity index (χ3v) is 4.17. The standard InChI is InChI=1S/C13H12N4O2S/c1-20-13-15-10-9(11(18)16-13)8-6-4-2-3-5-7(6)14-12(8)19-17-10/h2-5,9-10,14,17H,1H3,(H,15,16,18)/t9-,10+/m1/s1. The molecule has 2 aliphatic rings. The molecule has 0 saturated heterocycles. The van der Waals surface area contributed by atoms with Crippen LogP contribution >= 0.6 is 11.8 Å². The zero-order chi connectivity index (χ0) is 13.7. The summed E-state index contributed by atoms with van der Waals surface area (Å²) in [5.41, 5.74) is 4.66. The summed E-state index contributed by atoms with van der Waals surface area (Å²) in [6, 6.07) is 7.84. The smallest absolute Gasteiger partial charge is 0.237 e. The van der Waals surface area contributed by atoms with Crippen LogP contribution in [-0.4, -0.2) is 28.5 Å². The Hall–Kier alpha value is -1.99. The molecule has 3 N–H and O–H groups in total. The number of hydroxylamine groups is 1. The molecule has 20 heavy (non-hydrogen) atoms. The molecule has 4 rings (SSSR count). The van der Waals surface area contributed by atoms with Crippen molar-refractivity contribution in [3.63, 3.8) is 0 Å². The highest BCUT2D eigenvalue weighted by molar-refractivity contribution is 8.13. The van der Waals surface area contributed by atoms with Crippen molar-refractivity contribution >= 4 is 33.7 Å². The lowest BCUT2D eigenvalue weighted by molar-refractivity contribution is -0.123. The second-order valence-electron chi connectivity index (χ2n) is 4.68. The molecule has 3 heterocycles. The summed E-state index contributed by atoms with van der Waals surface area (Å²) in [7, 11) is 0. The Balaban J connectivity index is 1.91. The third kappa shape index (κ3) is 1.56. The van der Waals surface area contributed by atoms with Crippen LogP contribution < -0.4 is 15.6 Å². The lowest BCUT2D eigenvalue weighted by Crippen LogP contribution is -2.51. The zero-order valence-corrected chi connectivity index (χ0v) is 11.5. The lowest BCUT2D eigenvalue weighted by Gasteiger charge is -2.32. The average Bonchev–Trinajstić information content (AvgIpc) is 2.85. The number of carbonyl (C=O) groups is 1. The number of hydrogen-bond donors (Lipinski definition) is 3. The van der Waals surface area contributed by atoms with Crippen molar-refractivity contribution in [2.75, 3.05) is 6.26 Å². The predicted octanol–water partition coefficient (Wildman–Crippen LogP) is 1.32. The first-order valence-electron chi connectivity index (χ1n) is 6.23. The van der Waals surface area contributed by atoms with E-state index >= 15 is 0 Å². The molecular formula is C13H12N4O2S. The molecule has 102 valence electrons. The summed E-state index contributed by atoms with van der Waals surface area (Å²) < 4.78 is 0. The number of aliphatic imine (C=N–C) groups is 1. The van der Waals surface area contributed by atoms with Gasteiger partial charge in [-0.25, -0.2) is 4.99 Å². The number of fused-ring (bicyclic) bond motifs is 5. The molecule has 1 aromatic heterocycles. The molecule has 2 aliphatic heterocycles. The topological polar surface area (TPSA) is 78.5 Å². The molecule has 2 aromatic rings. The van der Waals surface area contributed by atoms with E-state index in [2.05, 4.69) is 20.8 Å². The normalized spacial score (nSPS) is 24.4. The van der Waals surface area contributed by atoms with Gasteiger partial charge in [0.05, 0.1) is 0 Å². The van der Waals surface area contributed by atoms with Gasteiger partial charge in [0.25, 0.3) is 0 Å². The second-order valence-corrected chi connectivity index (χ2v) is 5.48. The number of aromatic nitrogens is 1. The molecule has 0 unspecified atom stereocenters. The maximum absolute atomic E-state index is 12.4. The van der Waals surface area contributed by atoms with Gasteiger partial charge >= 0.3 is 0 Å². The number of thioether (sulfide) groups is 1. The summed E-state index contributed by atoms with van der Waals surface area (Å²) >= 11 is 1.41. The van der Waals surface area contributed by atoms with Crippen LogP contribution in [0.25, 0.3) is 10.9 Å². The van der Waals surface area contributed by atoms with E-state index in [1.807, 2.05) is 30.5 Å². The van der Waals surface area contributed by atoms with E-state index in [1.54, 1.807) is 0 Å². The maximum Gasteiger partial charge on any atom is 0.237 e. The number of amidine groups is 1. The molecule has 0 radical (unpaired) electrons. The van der Waals surface area contributed by atoms with E-state index in [-0.39, 0.29) is 11.8 Å². The van der Waals surface area contributed by atoms with E-state index < -0.39 is 6.17 Å². The SMILES string of the molecule is CSC1=N[C@H]2NOc3[nH]c4ccccc4c3[C@H]2C(=O)N1. The zero-order valence-electron chi connectivity index (χ0n) is 10.6. The Labute approximate surface area is 118 Å². The van der Waals surface area contributed by atoms with Crippen LogP contribution in [0.4, 0.5) is 0 Å². The van der Waals surface area contributed by atoms with Gasteiger partial charge in [0.2, 0.25) is 11.8 Å². The molecule has 1 aromatic carbocycles. The quantitative estimate of drug-likeness (QED) is 0.683. The Kier molecular flexibility index (Phi) is 2.51. The van der Waals surface area contributed by atoms with Crippen molar-refractivity contribution in [3.8, 4) is 5.88 Å². The van der Waals surface area contributed by atoms with Gasteiger partial charge in [-0.3, -0.25) is 4.79 Å². The van der Waals surface area contributed by atoms with E-state index in [4.69, 9.17) is 4.84 Å². The molecule has 2 atom stereocenters. The van der Waals surface area contributed by atoms with Crippen LogP contribution in [0.5, 0.6) is 5.88 Å². The minimum atomic E-state index is -0.391. The van der Waals surface area contributed by atoms with E-state index in [0.717, 1.165) is 16.5 Å². The van der Waals surface area contributed by atoms with E-state index in [0.29, 0.717) is 11.0 Å². The highest BCUT2D eigenvalue weighted by Gasteiger charge is 2.42. The number of nitrogens with zero attached hydrogens (tertiary/aromatic N) is 1. The highest BCUT2D eigenvalue weighted by atomic mass is 32.2. The molecule has 0 spiro atoms. The van der Waals surface area contributed by atoms with Crippen LogP contribution in [0.3, 0.4) is 0 Å². The number of rotatable bonds is 0. The highest BCUT2D eigenvalue weighted by Crippen LogP contribution is 2.40. The number of H-pyrrole nitrogens is 1. The predicted molar refractivity (Wildman–Crippen MR) is 77.7 cm³/mol. The number of para-hydroxylation sites is 1. The van der Waals surface area contributed by atoms with Crippen LogP contribution in [0, 0.1) is 0 Å². The number of nitrogens with one attached hydrogen (secondary N) is 3. The first-order chi connectivity index (χ1) is 9.78. The molecule has 6 nitrogen and oxygen atoms in total. The first kappa shape index (κ1) is 11.8. The third-order valence-electron chi connectivity index (χ3n) is 3.58. The van der Waals surface area contributed by atoms with Gasteiger partial charge in [0.1, 0.15) is 5.92 Å². The molecule has 1 amide bonds. The van der Waals surface area contributed by atoms with Crippen LogP contribution in [-0.2, 0) is 4.79 Å². The largest absolute Gasteiger partial charge is 0.388 e. The van der Waals surface area contributed by atoms with Gasteiger partial charge in [0.15, 0.2) is 11.3 Å². The fraction of sp³-hybridized carbons (Fsp3) is 0.231. The molecular weight excluding hydrogens is 276 g/mol. The number of aromatic amines is 1. The van der Waals surface area contributed by atoms with Crippen molar-refractivity contribution in [2.45, 2.75) is 12.1 Å². The molecule has 7 heteroatoms. The van der Waals surface area contributed by atoms with Crippen molar-refractivity contribution in [1.29, 1.82) is 0 Å². The second kappa shape index (κ2) is 4.26. The van der Waals surface area contributed by atoms with Gasteiger partial charge < -0.3 is 15.1 Å². The number of benzene rings is 1. The van der Waals surface area contributed by atoms with Crippen molar-refractivity contribution in [3.05, 3.63) is 29.8 Å². The van der Waals surface area contributed by atoms with Gasteiger partial charge in [-0.1, -0.05) is 30.0 Å². The van der Waals surface area contributed by atoms with Crippen LogP contribution in [0.1, 0.15) is 11.5 Å². The maximum atomic E-state index is 12.4. The summed E-state index contributed by atoms with van der Waals surface area (Å²) in [6.07, 6.45) is 1.48.